The lowest BCUT2D eigenvalue weighted by atomic mass is 9.93. The van der Waals surface area contributed by atoms with Crippen LogP contribution in [0.15, 0.2) is 72.8 Å². The molecule has 0 bridgehead atoms. The average Bonchev–Trinajstić information content (AvgIpc) is 2.75. The fraction of sp³-hybridized carbons (Fsp3) is 0.250. The molecule has 1 amide bonds. The Bertz CT molecular complexity index is 958. The second-order valence-electron chi connectivity index (χ2n) is 7.27. The third kappa shape index (κ3) is 4.11. The molecule has 2 aromatic carbocycles. The predicted octanol–water partition coefficient (Wildman–Crippen LogP) is 4.84. The minimum absolute atomic E-state index is 0.154. The van der Waals surface area contributed by atoms with Crippen molar-refractivity contribution in [3.63, 3.8) is 0 Å². The molecule has 0 aliphatic carbocycles. The van der Waals surface area contributed by atoms with Crippen molar-refractivity contribution in [2.75, 3.05) is 13.1 Å². The lowest BCUT2D eigenvalue weighted by Crippen LogP contribution is -2.40. The molecule has 0 N–H and O–H groups in total. The van der Waals surface area contributed by atoms with Crippen molar-refractivity contribution in [3.8, 4) is 11.3 Å². The second-order valence-corrected chi connectivity index (χ2v) is 7.27. The number of piperidine rings is 1. The van der Waals surface area contributed by atoms with Crippen LogP contribution in [0.25, 0.3) is 11.3 Å². The quantitative estimate of drug-likeness (QED) is 0.655. The molecule has 1 aliphatic heterocycles. The highest BCUT2D eigenvalue weighted by Gasteiger charge is 2.26. The SMILES string of the molecule is O=C(Cc1ccccc1)N1CCCC(c2cccc(-c3ccccc3F)n2)C1. The van der Waals surface area contributed by atoms with Gasteiger partial charge in [0.15, 0.2) is 0 Å². The van der Waals surface area contributed by atoms with Crippen molar-refractivity contribution in [2.45, 2.75) is 25.2 Å². The number of likely N-dealkylation sites (tertiary alicyclic amines) is 1. The third-order valence-corrected chi connectivity index (χ3v) is 5.31. The summed E-state index contributed by atoms with van der Waals surface area (Å²) in [6, 6.07) is 22.3. The predicted molar refractivity (Wildman–Crippen MR) is 108 cm³/mol. The lowest BCUT2D eigenvalue weighted by Gasteiger charge is -2.32. The molecule has 1 aliphatic rings. The number of carbonyl (C=O) groups is 1. The molecule has 0 spiro atoms. The zero-order valence-corrected chi connectivity index (χ0v) is 15.7. The number of amides is 1. The minimum Gasteiger partial charge on any atom is -0.342 e. The van der Waals surface area contributed by atoms with Crippen LogP contribution in [0.5, 0.6) is 0 Å². The van der Waals surface area contributed by atoms with Crippen molar-refractivity contribution >= 4 is 5.91 Å². The van der Waals surface area contributed by atoms with Crippen LogP contribution in [0.2, 0.25) is 0 Å². The van der Waals surface area contributed by atoms with Gasteiger partial charge in [0.05, 0.1) is 12.1 Å². The highest BCUT2D eigenvalue weighted by molar-refractivity contribution is 5.79. The van der Waals surface area contributed by atoms with Crippen molar-refractivity contribution in [1.29, 1.82) is 0 Å². The normalized spacial score (nSPS) is 16.8. The number of benzene rings is 2. The van der Waals surface area contributed by atoms with E-state index < -0.39 is 0 Å². The average molecular weight is 374 g/mol. The molecule has 3 nitrogen and oxygen atoms in total. The summed E-state index contributed by atoms with van der Waals surface area (Å²) in [7, 11) is 0. The Morgan fingerprint density at radius 2 is 1.79 bits per heavy atom. The van der Waals surface area contributed by atoms with Gasteiger partial charge in [-0.15, -0.1) is 0 Å². The highest BCUT2D eigenvalue weighted by Crippen LogP contribution is 2.28. The van der Waals surface area contributed by atoms with Crippen LogP contribution < -0.4 is 0 Å². The summed E-state index contributed by atoms with van der Waals surface area (Å²) in [4.78, 5) is 19.4. The standard InChI is InChI=1S/C24H23FN2O/c25-21-12-5-4-11-20(21)23-14-6-13-22(26-23)19-10-7-15-27(17-19)24(28)16-18-8-2-1-3-9-18/h1-6,8-9,11-14,19H,7,10,15-17H2. The topological polar surface area (TPSA) is 33.2 Å². The molecule has 1 unspecified atom stereocenters. The number of aromatic nitrogens is 1. The van der Waals surface area contributed by atoms with Gasteiger partial charge in [0.1, 0.15) is 5.82 Å². The Kier molecular flexibility index (Phi) is 5.47. The number of hydrogen-bond donors (Lipinski definition) is 0. The summed E-state index contributed by atoms with van der Waals surface area (Å²) >= 11 is 0. The zero-order chi connectivity index (χ0) is 19.3. The molecule has 1 atom stereocenters. The van der Waals surface area contributed by atoms with E-state index in [0.717, 1.165) is 30.6 Å². The van der Waals surface area contributed by atoms with Crippen molar-refractivity contribution in [3.05, 3.63) is 89.9 Å². The van der Waals surface area contributed by atoms with Gasteiger partial charge in [-0.2, -0.15) is 0 Å². The number of halogens is 1. The van der Waals surface area contributed by atoms with E-state index in [0.29, 0.717) is 24.2 Å². The first-order chi connectivity index (χ1) is 13.7. The Labute approximate surface area is 164 Å². The van der Waals surface area contributed by atoms with E-state index in [2.05, 4.69) is 0 Å². The monoisotopic (exact) mass is 374 g/mol. The summed E-state index contributed by atoms with van der Waals surface area (Å²) in [5, 5.41) is 0. The fourth-order valence-corrected chi connectivity index (χ4v) is 3.83. The molecule has 3 aromatic rings. The molecular weight excluding hydrogens is 351 g/mol. The van der Waals surface area contributed by atoms with Gasteiger partial charge in [-0.05, 0) is 42.7 Å². The summed E-state index contributed by atoms with van der Waals surface area (Å²) in [5.74, 6) is 0.0665. The maximum absolute atomic E-state index is 14.1. The van der Waals surface area contributed by atoms with Crippen LogP contribution in [0.4, 0.5) is 4.39 Å². The first kappa shape index (κ1) is 18.4. The smallest absolute Gasteiger partial charge is 0.227 e. The second kappa shape index (κ2) is 8.34. The molecule has 142 valence electrons. The van der Waals surface area contributed by atoms with Crippen LogP contribution in [0.3, 0.4) is 0 Å². The van der Waals surface area contributed by atoms with Crippen LogP contribution in [-0.2, 0) is 11.2 Å². The Balaban J connectivity index is 1.50. The molecular formula is C24H23FN2O. The van der Waals surface area contributed by atoms with Gasteiger partial charge in [0.2, 0.25) is 5.91 Å². The van der Waals surface area contributed by atoms with Gasteiger partial charge >= 0.3 is 0 Å². The van der Waals surface area contributed by atoms with E-state index in [4.69, 9.17) is 4.98 Å². The Hall–Kier alpha value is -3.01. The fourth-order valence-electron chi connectivity index (χ4n) is 3.83. The largest absolute Gasteiger partial charge is 0.342 e. The molecule has 1 fully saturated rings. The van der Waals surface area contributed by atoms with Gasteiger partial charge in [0, 0.05) is 30.3 Å². The van der Waals surface area contributed by atoms with Crippen LogP contribution >= 0.6 is 0 Å². The van der Waals surface area contributed by atoms with Crippen LogP contribution in [0, 0.1) is 5.82 Å². The van der Waals surface area contributed by atoms with Gasteiger partial charge in [0.25, 0.3) is 0 Å². The van der Waals surface area contributed by atoms with E-state index >= 15 is 0 Å². The molecule has 1 saturated heterocycles. The van der Waals surface area contributed by atoms with E-state index in [-0.39, 0.29) is 17.6 Å². The van der Waals surface area contributed by atoms with Gasteiger partial charge < -0.3 is 4.90 Å². The Morgan fingerprint density at radius 1 is 1.00 bits per heavy atom. The van der Waals surface area contributed by atoms with E-state index in [1.807, 2.05) is 59.5 Å². The molecule has 1 aromatic heterocycles. The first-order valence-electron chi connectivity index (χ1n) is 9.74. The molecule has 28 heavy (non-hydrogen) atoms. The van der Waals surface area contributed by atoms with E-state index in [9.17, 15) is 9.18 Å². The zero-order valence-electron chi connectivity index (χ0n) is 15.7. The van der Waals surface area contributed by atoms with Crippen molar-refractivity contribution < 1.29 is 9.18 Å². The number of pyridine rings is 1. The van der Waals surface area contributed by atoms with Crippen molar-refractivity contribution in [2.24, 2.45) is 0 Å². The van der Waals surface area contributed by atoms with Crippen LogP contribution in [0.1, 0.15) is 30.0 Å². The summed E-state index contributed by atoms with van der Waals surface area (Å²) in [5.41, 5.74) is 3.12. The molecule has 0 saturated carbocycles. The highest BCUT2D eigenvalue weighted by atomic mass is 19.1. The van der Waals surface area contributed by atoms with E-state index in [1.54, 1.807) is 12.1 Å². The van der Waals surface area contributed by atoms with Crippen molar-refractivity contribution in [1.82, 2.24) is 9.88 Å². The number of rotatable bonds is 4. The number of carbonyl (C=O) groups excluding carboxylic acids is 1. The maximum Gasteiger partial charge on any atom is 0.227 e. The first-order valence-corrected chi connectivity index (χ1v) is 9.74. The number of nitrogens with zero attached hydrogens (tertiary/aromatic N) is 2. The molecule has 4 heteroatoms. The van der Waals surface area contributed by atoms with Gasteiger partial charge in [-0.25, -0.2) is 4.39 Å². The number of hydrogen-bond acceptors (Lipinski definition) is 2. The Morgan fingerprint density at radius 3 is 2.61 bits per heavy atom. The van der Waals surface area contributed by atoms with E-state index in [1.165, 1.54) is 6.07 Å². The summed E-state index contributed by atoms with van der Waals surface area (Å²) in [6.07, 6.45) is 2.37. The van der Waals surface area contributed by atoms with Crippen LogP contribution in [-0.4, -0.2) is 28.9 Å². The third-order valence-electron chi connectivity index (χ3n) is 5.31. The summed E-state index contributed by atoms with van der Waals surface area (Å²) in [6.45, 7) is 1.45. The minimum atomic E-state index is -0.268. The maximum atomic E-state index is 14.1. The molecule has 2 heterocycles. The van der Waals surface area contributed by atoms with Gasteiger partial charge in [-0.3, -0.25) is 9.78 Å². The van der Waals surface area contributed by atoms with Gasteiger partial charge in [-0.1, -0.05) is 48.5 Å². The lowest BCUT2D eigenvalue weighted by molar-refractivity contribution is -0.131. The summed E-state index contributed by atoms with van der Waals surface area (Å²) < 4.78 is 14.1. The molecule has 0 radical (unpaired) electrons. The molecule has 4 rings (SSSR count).